The molecule has 0 radical (unpaired) electrons. The minimum Gasteiger partial charge on any atom is -0.342 e. The van der Waals surface area contributed by atoms with E-state index in [0.29, 0.717) is 12.5 Å². The molecule has 1 aromatic rings. The van der Waals surface area contributed by atoms with Gasteiger partial charge in [0.05, 0.1) is 0 Å². The average Bonchev–Trinajstić information content (AvgIpc) is 2.82. The Hall–Kier alpha value is -1.38. The first kappa shape index (κ1) is 9.82. The predicted molar refractivity (Wildman–Crippen MR) is 58.4 cm³/mol. The second-order valence-electron chi connectivity index (χ2n) is 4.94. The normalized spacial score (nSPS) is 31.4. The van der Waals surface area contributed by atoms with Gasteiger partial charge in [0.2, 0.25) is 5.91 Å². The number of hydrogen-bond acceptors (Lipinski definition) is 1. The van der Waals surface area contributed by atoms with Gasteiger partial charge in [-0.1, -0.05) is 18.2 Å². The Morgan fingerprint density at radius 3 is 2.88 bits per heavy atom. The van der Waals surface area contributed by atoms with E-state index in [4.69, 9.17) is 0 Å². The molecular weight excluding hydrogens is 205 g/mol. The topological polar surface area (TPSA) is 20.3 Å². The van der Waals surface area contributed by atoms with Crippen molar-refractivity contribution in [1.82, 2.24) is 4.90 Å². The molecule has 2 aliphatic rings. The second-order valence-corrected chi connectivity index (χ2v) is 4.94. The molecule has 2 fully saturated rings. The van der Waals surface area contributed by atoms with Crippen LogP contribution in [0.2, 0.25) is 0 Å². The molecule has 3 heteroatoms. The summed E-state index contributed by atoms with van der Waals surface area (Å²) in [5.74, 6) is 0.437. The van der Waals surface area contributed by atoms with E-state index in [2.05, 4.69) is 0 Å². The number of piperidine rings is 1. The first-order chi connectivity index (χ1) is 7.63. The van der Waals surface area contributed by atoms with Crippen molar-refractivity contribution >= 4 is 5.91 Å². The Morgan fingerprint density at radius 1 is 1.50 bits per heavy atom. The van der Waals surface area contributed by atoms with Crippen molar-refractivity contribution in [2.75, 3.05) is 13.1 Å². The molecule has 84 valence electrons. The molecule has 2 nitrogen and oxygen atoms in total. The van der Waals surface area contributed by atoms with Crippen LogP contribution in [0.15, 0.2) is 24.3 Å². The highest BCUT2D eigenvalue weighted by Crippen LogP contribution is 2.59. The van der Waals surface area contributed by atoms with Crippen LogP contribution < -0.4 is 0 Å². The van der Waals surface area contributed by atoms with Gasteiger partial charge in [-0.15, -0.1) is 0 Å². The number of carbonyl (C=O) groups excluding carboxylic acids is 1. The van der Waals surface area contributed by atoms with E-state index in [0.717, 1.165) is 18.5 Å². The molecule has 1 heterocycles. The van der Waals surface area contributed by atoms with Crippen molar-refractivity contribution in [2.24, 2.45) is 5.92 Å². The SMILES string of the molecule is CC(=O)N1CC2CC2(c2ccccc2F)C1. The van der Waals surface area contributed by atoms with Gasteiger partial charge in [-0.2, -0.15) is 0 Å². The summed E-state index contributed by atoms with van der Waals surface area (Å²) in [6, 6.07) is 6.96. The van der Waals surface area contributed by atoms with E-state index >= 15 is 0 Å². The Bertz CT molecular complexity index is 459. The molecule has 0 N–H and O–H groups in total. The number of hydrogen-bond donors (Lipinski definition) is 0. The van der Waals surface area contributed by atoms with Gasteiger partial charge >= 0.3 is 0 Å². The standard InChI is InChI=1S/C13H14FNO/c1-9(16)15-7-10-6-13(10,8-15)11-4-2-3-5-12(11)14/h2-5,10H,6-8H2,1H3. The zero-order valence-corrected chi connectivity index (χ0v) is 9.24. The van der Waals surface area contributed by atoms with Crippen LogP contribution in [0.4, 0.5) is 4.39 Å². The fourth-order valence-electron chi connectivity index (χ4n) is 3.00. The molecule has 0 spiro atoms. The first-order valence-corrected chi connectivity index (χ1v) is 5.64. The number of fused-ring (bicyclic) bond motifs is 1. The zero-order chi connectivity index (χ0) is 11.3. The molecule has 1 saturated heterocycles. The smallest absolute Gasteiger partial charge is 0.219 e. The molecule has 2 atom stereocenters. The van der Waals surface area contributed by atoms with Crippen molar-refractivity contribution in [2.45, 2.75) is 18.8 Å². The summed E-state index contributed by atoms with van der Waals surface area (Å²) in [5, 5.41) is 0. The summed E-state index contributed by atoms with van der Waals surface area (Å²) < 4.78 is 13.7. The summed E-state index contributed by atoms with van der Waals surface area (Å²) in [5.41, 5.74) is 0.723. The molecule has 2 unspecified atom stereocenters. The van der Waals surface area contributed by atoms with Gasteiger partial charge in [0.15, 0.2) is 0 Å². The van der Waals surface area contributed by atoms with Crippen LogP contribution in [0.25, 0.3) is 0 Å². The summed E-state index contributed by atoms with van der Waals surface area (Å²) in [6.45, 7) is 3.07. The maximum Gasteiger partial charge on any atom is 0.219 e. The molecule has 1 amide bonds. The molecule has 3 rings (SSSR count). The summed E-state index contributed by atoms with van der Waals surface area (Å²) >= 11 is 0. The summed E-state index contributed by atoms with van der Waals surface area (Å²) in [7, 11) is 0. The van der Waals surface area contributed by atoms with Crippen molar-refractivity contribution in [3.8, 4) is 0 Å². The van der Waals surface area contributed by atoms with Gasteiger partial charge < -0.3 is 4.90 Å². The van der Waals surface area contributed by atoms with Crippen LogP contribution in [0.3, 0.4) is 0 Å². The number of likely N-dealkylation sites (tertiary alicyclic amines) is 1. The zero-order valence-electron chi connectivity index (χ0n) is 9.24. The molecular formula is C13H14FNO. The lowest BCUT2D eigenvalue weighted by atomic mass is 9.94. The van der Waals surface area contributed by atoms with Crippen LogP contribution in [0.1, 0.15) is 18.9 Å². The van der Waals surface area contributed by atoms with Crippen molar-refractivity contribution in [3.63, 3.8) is 0 Å². The van der Waals surface area contributed by atoms with Crippen LogP contribution in [-0.4, -0.2) is 23.9 Å². The van der Waals surface area contributed by atoms with E-state index in [1.165, 1.54) is 6.07 Å². The lowest BCUT2D eigenvalue weighted by molar-refractivity contribution is -0.128. The Labute approximate surface area is 94.1 Å². The van der Waals surface area contributed by atoms with Gasteiger partial charge in [0.1, 0.15) is 5.82 Å². The predicted octanol–water partition coefficient (Wildman–Crippen LogP) is 1.95. The van der Waals surface area contributed by atoms with Gasteiger partial charge in [-0.25, -0.2) is 4.39 Å². The number of amides is 1. The highest BCUT2D eigenvalue weighted by molar-refractivity contribution is 5.74. The van der Waals surface area contributed by atoms with Crippen molar-refractivity contribution < 1.29 is 9.18 Å². The molecule has 1 aliphatic heterocycles. The molecule has 1 saturated carbocycles. The monoisotopic (exact) mass is 219 g/mol. The molecule has 1 aromatic carbocycles. The summed E-state index contributed by atoms with van der Waals surface area (Å²) in [4.78, 5) is 13.1. The van der Waals surface area contributed by atoms with Crippen LogP contribution >= 0.6 is 0 Å². The van der Waals surface area contributed by atoms with Gasteiger partial charge in [0.25, 0.3) is 0 Å². The number of nitrogens with zero attached hydrogens (tertiary/aromatic N) is 1. The minimum atomic E-state index is -0.129. The van der Waals surface area contributed by atoms with E-state index in [-0.39, 0.29) is 17.1 Å². The Balaban J connectivity index is 1.93. The maximum absolute atomic E-state index is 13.7. The van der Waals surface area contributed by atoms with Gasteiger partial charge in [-0.3, -0.25) is 4.79 Å². The molecule has 0 aromatic heterocycles. The van der Waals surface area contributed by atoms with Gasteiger partial charge in [0, 0.05) is 25.4 Å². The fraction of sp³-hybridized carbons (Fsp3) is 0.462. The number of halogens is 1. The Morgan fingerprint density at radius 2 is 2.25 bits per heavy atom. The third-order valence-corrected chi connectivity index (χ3v) is 4.00. The maximum atomic E-state index is 13.7. The lowest BCUT2D eigenvalue weighted by Gasteiger charge is -2.20. The quantitative estimate of drug-likeness (QED) is 0.707. The lowest BCUT2D eigenvalue weighted by Crippen LogP contribution is -2.30. The number of rotatable bonds is 1. The molecule has 0 bridgehead atoms. The highest BCUT2D eigenvalue weighted by atomic mass is 19.1. The van der Waals surface area contributed by atoms with E-state index < -0.39 is 0 Å². The summed E-state index contributed by atoms with van der Waals surface area (Å²) in [6.07, 6.45) is 1.03. The largest absolute Gasteiger partial charge is 0.342 e. The van der Waals surface area contributed by atoms with Gasteiger partial charge in [-0.05, 0) is 24.0 Å². The third kappa shape index (κ3) is 1.20. The minimum absolute atomic E-state index is 0.0724. The van der Waals surface area contributed by atoms with E-state index in [1.807, 2.05) is 17.0 Å². The fourth-order valence-corrected chi connectivity index (χ4v) is 3.00. The van der Waals surface area contributed by atoms with Crippen LogP contribution in [0.5, 0.6) is 0 Å². The third-order valence-electron chi connectivity index (χ3n) is 4.00. The number of carbonyl (C=O) groups is 1. The highest BCUT2D eigenvalue weighted by Gasteiger charge is 2.62. The second kappa shape index (κ2) is 3.06. The average molecular weight is 219 g/mol. The first-order valence-electron chi connectivity index (χ1n) is 5.64. The molecule has 1 aliphatic carbocycles. The van der Waals surface area contributed by atoms with E-state index in [1.54, 1.807) is 13.0 Å². The van der Waals surface area contributed by atoms with Crippen LogP contribution in [-0.2, 0) is 10.2 Å². The van der Waals surface area contributed by atoms with Crippen molar-refractivity contribution in [3.05, 3.63) is 35.6 Å². The Kier molecular flexibility index (Phi) is 1.88. The van der Waals surface area contributed by atoms with E-state index in [9.17, 15) is 9.18 Å². The van der Waals surface area contributed by atoms with Crippen molar-refractivity contribution in [1.29, 1.82) is 0 Å². The number of benzene rings is 1. The molecule has 16 heavy (non-hydrogen) atoms. The van der Waals surface area contributed by atoms with Crippen LogP contribution in [0, 0.1) is 11.7 Å².